The average molecular weight is 341 g/mol. The molecule has 7 heteroatoms. The predicted molar refractivity (Wildman–Crippen MR) is 87.3 cm³/mol. The maximum absolute atomic E-state index is 11.9. The van der Waals surface area contributed by atoms with Gasteiger partial charge in [0, 0.05) is 11.3 Å². The number of hydrogen-bond acceptors (Lipinski definition) is 7. The van der Waals surface area contributed by atoms with Crippen LogP contribution in [0.15, 0.2) is 42.5 Å². The van der Waals surface area contributed by atoms with Crippen molar-refractivity contribution in [2.24, 2.45) is 0 Å². The highest BCUT2D eigenvalue weighted by Gasteiger charge is 2.30. The first-order valence-corrected chi connectivity index (χ1v) is 7.41. The quantitative estimate of drug-likeness (QED) is 0.675. The normalized spacial score (nSPS) is 15.1. The third kappa shape index (κ3) is 3.16. The molecule has 1 atom stereocenters. The summed E-state index contributed by atoms with van der Waals surface area (Å²) in [5.41, 5.74) is 1.90. The summed E-state index contributed by atoms with van der Waals surface area (Å²) in [5, 5.41) is 3.01. The van der Waals surface area contributed by atoms with Gasteiger partial charge in [-0.15, -0.1) is 0 Å². The number of methoxy groups -OCH3 is 2. The van der Waals surface area contributed by atoms with Gasteiger partial charge in [-0.1, -0.05) is 18.2 Å². The van der Waals surface area contributed by atoms with Crippen molar-refractivity contribution in [3.8, 4) is 0 Å². The Morgan fingerprint density at radius 3 is 2.20 bits per heavy atom. The molecule has 2 aromatic carbocycles. The van der Waals surface area contributed by atoms with Crippen LogP contribution < -0.4 is 5.32 Å². The number of benzene rings is 2. The highest BCUT2D eigenvalue weighted by atomic mass is 16.6. The summed E-state index contributed by atoms with van der Waals surface area (Å²) in [6.45, 7) is 0. The van der Waals surface area contributed by atoms with Gasteiger partial charge in [0.25, 0.3) is 0 Å². The molecular weight excluding hydrogens is 326 g/mol. The predicted octanol–water partition coefficient (Wildman–Crippen LogP) is 2.54. The highest BCUT2D eigenvalue weighted by molar-refractivity contribution is 5.97. The van der Waals surface area contributed by atoms with Crippen molar-refractivity contribution in [1.29, 1.82) is 0 Å². The molecule has 0 aromatic heterocycles. The standard InChI is InChI=1S/C18H15NO6/c1-23-16(20)10-7-11(17(21)24-2)9-12(8-10)19-15-13-5-3-4-6-14(13)18(22)25-15/h3-9,15,19H,1-2H3/t15-/m1/s1. The Balaban J connectivity index is 1.96. The van der Waals surface area contributed by atoms with E-state index in [4.69, 9.17) is 14.2 Å². The second-order valence-electron chi connectivity index (χ2n) is 5.30. The fourth-order valence-corrected chi connectivity index (χ4v) is 2.59. The summed E-state index contributed by atoms with van der Waals surface area (Å²) in [6.07, 6.45) is -0.720. The topological polar surface area (TPSA) is 90.9 Å². The number of fused-ring (bicyclic) bond motifs is 1. The smallest absolute Gasteiger partial charge is 0.340 e. The summed E-state index contributed by atoms with van der Waals surface area (Å²) in [5.74, 6) is -1.64. The van der Waals surface area contributed by atoms with Gasteiger partial charge in [-0.25, -0.2) is 14.4 Å². The summed E-state index contributed by atoms with van der Waals surface area (Å²) in [4.78, 5) is 35.6. The van der Waals surface area contributed by atoms with E-state index in [1.165, 1.54) is 32.4 Å². The molecule has 1 N–H and O–H groups in total. The van der Waals surface area contributed by atoms with Crippen LogP contribution in [-0.2, 0) is 14.2 Å². The Hall–Kier alpha value is -3.35. The van der Waals surface area contributed by atoms with Crippen LogP contribution in [-0.4, -0.2) is 32.1 Å². The zero-order valence-electron chi connectivity index (χ0n) is 13.6. The van der Waals surface area contributed by atoms with E-state index in [0.717, 1.165) is 0 Å². The van der Waals surface area contributed by atoms with Gasteiger partial charge >= 0.3 is 17.9 Å². The van der Waals surface area contributed by atoms with Gasteiger partial charge in [0.05, 0.1) is 30.9 Å². The molecule has 0 amide bonds. The summed E-state index contributed by atoms with van der Waals surface area (Å²) in [7, 11) is 2.49. The average Bonchev–Trinajstić information content (AvgIpc) is 2.96. The molecular formula is C18H15NO6. The summed E-state index contributed by atoms with van der Waals surface area (Å²) >= 11 is 0. The molecule has 0 radical (unpaired) electrons. The van der Waals surface area contributed by atoms with Crippen molar-refractivity contribution >= 4 is 23.6 Å². The van der Waals surface area contributed by atoms with Gasteiger partial charge in [-0.05, 0) is 24.3 Å². The minimum atomic E-state index is -0.720. The third-order valence-corrected chi connectivity index (χ3v) is 3.76. The third-order valence-electron chi connectivity index (χ3n) is 3.76. The Morgan fingerprint density at radius 1 is 1.00 bits per heavy atom. The number of hydrogen-bond donors (Lipinski definition) is 1. The molecule has 1 aliphatic rings. The summed E-state index contributed by atoms with van der Waals surface area (Å²) < 4.78 is 14.7. The number of cyclic esters (lactones) is 1. The molecule has 0 spiro atoms. The van der Waals surface area contributed by atoms with E-state index >= 15 is 0 Å². The number of nitrogens with one attached hydrogen (secondary N) is 1. The lowest BCUT2D eigenvalue weighted by Gasteiger charge is -2.16. The van der Waals surface area contributed by atoms with E-state index < -0.39 is 24.1 Å². The lowest BCUT2D eigenvalue weighted by molar-refractivity contribution is 0.0435. The molecule has 0 aliphatic carbocycles. The van der Waals surface area contributed by atoms with E-state index in [0.29, 0.717) is 16.8 Å². The van der Waals surface area contributed by atoms with Gasteiger partial charge in [-0.3, -0.25) is 0 Å². The Bertz CT molecular complexity index is 826. The first kappa shape index (κ1) is 16.5. The first-order chi connectivity index (χ1) is 12.0. The van der Waals surface area contributed by atoms with Crippen LogP contribution in [0.4, 0.5) is 5.69 Å². The van der Waals surface area contributed by atoms with Crippen LogP contribution in [0.2, 0.25) is 0 Å². The Morgan fingerprint density at radius 2 is 1.60 bits per heavy atom. The molecule has 1 aliphatic heterocycles. The number of ether oxygens (including phenoxy) is 3. The Kier molecular flexibility index (Phi) is 4.38. The van der Waals surface area contributed by atoms with Crippen LogP contribution in [0.1, 0.15) is 42.9 Å². The van der Waals surface area contributed by atoms with Gasteiger partial charge in [0.2, 0.25) is 6.23 Å². The van der Waals surface area contributed by atoms with Crippen molar-refractivity contribution in [2.45, 2.75) is 6.23 Å². The number of carbonyl (C=O) groups excluding carboxylic acids is 3. The van der Waals surface area contributed by atoms with Gasteiger partial charge in [-0.2, -0.15) is 0 Å². The van der Waals surface area contributed by atoms with Crippen LogP contribution >= 0.6 is 0 Å². The molecule has 1 heterocycles. The molecule has 0 bridgehead atoms. The second-order valence-corrected chi connectivity index (χ2v) is 5.30. The fourth-order valence-electron chi connectivity index (χ4n) is 2.59. The molecule has 0 saturated carbocycles. The van der Waals surface area contributed by atoms with Crippen LogP contribution in [0.5, 0.6) is 0 Å². The van der Waals surface area contributed by atoms with Crippen LogP contribution in [0, 0.1) is 0 Å². The van der Waals surface area contributed by atoms with Gasteiger partial charge < -0.3 is 19.5 Å². The number of anilines is 1. The minimum absolute atomic E-state index is 0.172. The summed E-state index contributed by atoms with van der Waals surface area (Å²) in [6, 6.07) is 11.4. The number of rotatable bonds is 4. The molecule has 0 fully saturated rings. The lowest BCUT2D eigenvalue weighted by atomic mass is 10.1. The number of carbonyl (C=O) groups is 3. The van der Waals surface area contributed by atoms with Crippen LogP contribution in [0.25, 0.3) is 0 Å². The number of esters is 3. The molecule has 3 rings (SSSR count). The largest absolute Gasteiger partial charge is 0.465 e. The van der Waals surface area contributed by atoms with Crippen molar-refractivity contribution in [3.63, 3.8) is 0 Å². The zero-order chi connectivity index (χ0) is 18.0. The van der Waals surface area contributed by atoms with Crippen molar-refractivity contribution in [2.75, 3.05) is 19.5 Å². The van der Waals surface area contributed by atoms with E-state index in [1.54, 1.807) is 24.3 Å². The molecule has 128 valence electrons. The zero-order valence-corrected chi connectivity index (χ0v) is 13.6. The van der Waals surface area contributed by atoms with E-state index in [2.05, 4.69) is 5.32 Å². The van der Waals surface area contributed by atoms with Crippen molar-refractivity contribution in [1.82, 2.24) is 0 Å². The van der Waals surface area contributed by atoms with Crippen LogP contribution in [0.3, 0.4) is 0 Å². The molecule has 0 unspecified atom stereocenters. The van der Waals surface area contributed by atoms with Gasteiger partial charge in [0.15, 0.2) is 0 Å². The molecule has 0 saturated heterocycles. The van der Waals surface area contributed by atoms with E-state index in [-0.39, 0.29) is 11.1 Å². The van der Waals surface area contributed by atoms with Crippen molar-refractivity contribution in [3.05, 3.63) is 64.7 Å². The monoisotopic (exact) mass is 341 g/mol. The fraction of sp³-hybridized carbons (Fsp3) is 0.167. The highest BCUT2D eigenvalue weighted by Crippen LogP contribution is 2.32. The second kappa shape index (κ2) is 6.64. The van der Waals surface area contributed by atoms with Crippen molar-refractivity contribution < 1.29 is 28.6 Å². The molecule has 25 heavy (non-hydrogen) atoms. The minimum Gasteiger partial charge on any atom is -0.465 e. The Labute approximate surface area is 143 Å². The molecule has 2 aromatic rings. The van der Waals surface area contributed by atoms with E-state index in [1.807, 2.05) is 0 Å². The van der Waals surface area contributed by atoms with Gasteiger partial charge in [0.1, 0.15) is 0 Å². The molecule has 7 nitrogen and oxygen atoms in total. The maximum Gasteiger partial charge on any atom is 0.340 e. The van der Waals surface area contributed by atoms with E-state index in [9.17, 15) is 14.4 Å². The first-order valence-electron chi connectivity index (χ1n) is 7.41. The lowest BCUT2D eigenvalue weighted by Crippen LogP contribution is -2.13. The SMILES string of the molecule is COC(=O)c1cc(N[C@@H]2OC(=O)c3ccccc32)cc(C(=O)OC)c1. The maximum atomic E-state index is 11.9.